The molecule has 1 heterocycles. The van der Waals surface area contributed by atoms with E-state index in [0.29, 0.717) is 5.16 Å². The van der Waals surface area contributed by atoms with Crippen LogP contribution in [0.4, 0.5) is 0 Å². The smallest absolute Gasteiger partial charge is 0.00913 e. The fraction of sp³-hybridized carbons (Fsp3) is 0.333. The minimum absolute atomic E-state index is 0.137. The van der Waals surface area contributed by atoms with E-state index in [2.05, 4.69) is 68.6 Å². The summed E-state index contributed by atoms with van der Waals surface area (Å²) in [6, 6.07) is 15.4. The molecule has 0 fully saturated rings. The van der Waals surface area contributed by atoms with Gasteiger partial charge in [0, 0.05) is 11.0 Å². The van der Waals surface area contributed by atoms with Crippen LogP contribution >= 0.6 is 19.3 Å². The standard InChI is InChI=1S/C15H19PS/c1-15(2,3)16(12-14-10-7-11-17-14)13-8-5-4-6-9-13/h4-11H,12H2,1-3H3/t16-/m1/s1. The SMILES string of the molecule is CC(C)(C)[P@](Cc1cccs1)c1ccccc1. The van der Waals surface area contributed by atoms with Gasteiger partial charge in [0.1, 0.15) is 0 Å². The molecule has 2 aromatic rings. The molecule has 0 unspecified atom stereocenters. The molecular weight excluding hydrogens is 243 g/mol. The van der Waals surface area contributed by atoms with Crippen molar-refractivity contribution in [2.24, 2.45) is 0 Å². The molecular formula is C15H19PS. The van der Waals surface area contributed by atoms with E-state index in [1.807, 2.05) is 11.3 Å². The molecule has 2 rings (SSSR count). The lowest BCUT2D eigenvalue weighted by atomic mass is 10.3. The molecule has 17 heavy (non-hydrogen) atoms. The van der Waals surface area contributed by atoms with E-state index in [1.54, 1.807) is 0 Å². The Hall–Kier alpha value is -0.650. The number of hydrogen-bond acceptors (Lipinski definition) is 1. The first-order valence-electron chi connectivity index (χ1n) is 5.92. The van der Waals surface area contributed by atoms with Crippen LogP contribution < -0.4 is 5.30 Å². The van der Waals surface area contributed by atoms with E-state index < -0.39 is 0 Å². The van der Waals surface area contributed by atoms with Gasteiger partial charge in [-0.3, -0.25) is 0 Å². The fourth-order valence-electron chi connectivity index (χ4n) is 1.88. The molecule has 1 aromatic carbocycles. The molecule has 0 saturated carbocycles. The molecule has 0 N–H and O–H groups in total. The lowest BCUT2D eigenvalue weighted by Gasteiger charge is -2.31. The predicted octanol–water partition coefficient (Wildman–Crippen LogP) is 4.85. The molecule has 0 saturated heterocycles. The number of rotatable bonds is 3. The molecule has 0 aliphatic carbocycles. The molecule has 0 spiro atoms. The zero-order valence-electron chi connectivity index (χ0n) is 10.7. The first kappa shape index (κ1) is 12.8. The van der Waals surface area contributed by atoms with Gasteiger partial charge in [0.05, 0.1) is 0 Å². The van der Waals surface area contributed by atoms with Crippen LogP contribution in [0, 0.1) is 0 Å². The topological polar surface area (TPSA) is 0 Å². The van der Waals surface area contributed by atoms with Crippen molar-refractivity contribution in [1.29, 1.82) is 0 Å². The van der Waals surface area contributed by atoms with Crippen molar-refractivity contribution in [2.75, 3.05) is 0 Å². The zero-order valence-corrected chi connectivity index (χ0v) is 12.4. The summed E-state index contributed by atoms with van der Waals surface area (Å²) in [4.78, 5) is 1.51. The minimum Gasteiger partial charge on any atom is -0.149 e. The summed E-state index contributed by atoms with van der Waals surface area (Å²) in [6.45, 7) is 7.08. The van der Waals surface area contributed by atoms with E-state index >= 15 is 0 Å². The molecule has 0 aliphatic heterocycles. The highest BCUT2D eigenvalue weighted by molar-refractivity contribution is 7.66. The van der Waals surface area contributed by atoms with Crippen LogP contribution in [0.2, 0.25) is 0 Å². The van der Waals surface area contributed by atoms with Crippen molar-refractivity contribution in [1.82, 2.24) is 0 Å². The Morgan fingerprint density at radius 1 is 1.00 bits per heavy atom. The van der Waals surface area contributed by atoms with E-state index in [9.17, 15) is 0 Å². The van der Waals surface area contributed by atoms with Crippen LogP contribution in [0.15, 0.2) is 47.8 Å². The second-order valence-electron chi connectivity index (χ2n) is 5.17. The first-order valence-corrected chi connectivity index (χ1v) is 8.33. The summed E-state index contributed by atoms with van der Waals surface area (Å²) in [5.41, 5.74) is 0. The van der Waals surface area contributed by atoms with E-state index in [4.69, 9.17) is 0 Å². The van der Waals surface area contributed by atoms with Gasteiger partial charge < -0.3 is 0 Å². The van der Waals surface area contributed by atoms with Gasteiger partial charge in [-0.05, 0) is 21.9 Å². The minimum atomic E-state index is -0.137. The molecule has 0 nitrogen and oxygen atoms in total. The van der Waals surface area contributed by atoms with Gasteiger partial charge in [-0.25, -0.2) is 0 Å². The largest absolute Gasteiger partial charge is 0.149 e. The van der Waals surface area contributed by atoms with E-state index in [1.165, 1.54) is 16.3 Å². The maximum Gasteiger partial charge on any atom is 0.00913 e. The Bertz CT molecular complexity index is 440. The van der Waals surface area contributed by atoms with Gasteiger partial charge in [-0.2, -0.15) is 0 Å². The fourth-order valence-corrected chi connectivity index (χ4v) is 5.44. The van der Waals surface area contributed by atoms with Gasteiger partial charge in [0.25, 0.3) is 0 Å². The van der Waals surface area contributed by atoms with Crippen LogP contribution in [0.5, 0.6) is 0 Å². The quantitative estimate of drug-likeness (QED) is 0.693. The third-order valence-electron chi connectivity index (χ3n) is 2.77. The maximum absolute atomic E-state index is 2.36. The molecule has 2 heteroatoms. The van der Waals surface area contributed by atoms with Gasteiger partial charge in [0.15, 0.2) is 0 Å². The van der Waals surface area contributed by atoms with Crippen molar-refractivity contribution in [2.45, 2.75) is 32.1 Å². The Balaban J connectivity index is 2.27. The monoisotopic (exact) mass is 262 g/mol. The zero-order chi connectivity index (χ0) is 12.3. The van der Waals surface area contributed by atoms with E-state index in [-0.39, 0.29) is 7.92 Å². The Morgan fingerprint density at radius 2 is 1.71 bits per heavy atom. The molecule has 0 amide bonds. The van der Waals surface area contributed by atoms with Crippen LogP contribution in [0.25, 0.3) is 0 Å². The second kappa shape index (κ2) is 5.33. The van der Waals surface area contributed by atoms with Gasteiger partial charge in [-0.1, -0.05) is 65.1 Å². The van der Waals surface area contributed by atoms with Crippen LogP contribution in [0.3, 0.4) is 0 Å². The highest BCUT2D eigenvalue weighted by Crippen LogP contribution is 2.51. The molecule has 0 bridgehead atoms. The Kier molecular flexibility index (Phi) is 4.01. The Labute approximate surface area is 109 Å². The molecule has 0 radical (unpaired) electrons. The van der Waals surface area contributed by atoms with Gasteiger partial charge >= 0.3 is 0 Å². The third-order valence-corrected chi connectivity index (χ3v) is 7.06. The molecule has 90 valence electrons. The lowest BCUT2D eigenvalue weighted by Crippen LogP contribution is -2.20. The molecule has 1 aromatic heterocycles. The maximum atomic E-state index is 2.36. The average Bonchev–Trinajstić information content (AvgIpc) is 2.78. The Morgan fingerprint density at radius 3 is 2.24 bits per heavy atom. The second-order valence-corrected chi connectivity index (χ2v) is 9.23. The predicted molar refractivity (Wildman–Crippen MR) is 80.8 cm³/mol. The summed E-state index contributed by atoms with van der Waals surface area (Å²) in [5.74, 6) is 0. The van der Waals surface area contributed by atoms with Gasteiger partial charge in [-0.15, -0.1) is 11.3 Å². The van der Waals surface area contributed by atoms with Crippen LogP contribution in [-0.4, -0.2) is 5.16 Å². The third kappa shape index (κ3) is 3.40. The summed E-state index contributed by atoms with van der Waals surface area (Å²) in [7, 11) is -0.137. The summed E-state index contributed by atoms with van der Waals surface area (Å²) in [5, 5.41) is 4.06. The van der Waals surface area contributed by atoms with Crippen molar-refractivity contribution < 1.29 is 0 Å². The average molecular weight is 262 g/mol. The number of benzene rings is 1. The molecule has 0 aliphatic rings. The number of thiophene rings is 1. The highest BCUT2D eigenvalue weighted by atomic mass is 32.1. The van der Waals surface area contributed by atoms with E-state index in [0.717, 1.165) is 0 Å². The summed E-state index contributed by atoms with van der Waals surface area (Å²) in [6.07, 6.45) is 1.21. The van der Waals surface area contributed by atoms with Crippen LogP contribution in [0.1, 0.15) is 25.6 Å². The first-order chi connectivity index (χ1) is 8.07. The van der Waals surface area contributed by atoms with Crippen molar-refractivity contribution in [3.05, 3.63) is 52.7 Å². The summed E-state index contributed by atoms with van der Waals surface area (Å²) < 4.78 is 0. The highest BCUT2D eigenvalue weighted by Gasteiger charge is 2.25. The molecule has 1 atom stereocenters. The lowest BCUT2D eigenvalue weighted by molar-refractivity contribution is 0.786. The number of hydrogen-bond donors (Lipinski definition) is 0. The van der Waals surface area contributed by atoms with Crippen molar-refractivity contribution >= 4 is 24.6 Å². The summed E-state index contributed by atoms with van der Waals surface area (Å²) >= 11 is 1.88. The van der Waals surface area contributed by atoms with Crippen LogP contribution in [-0.2, 0) is 6.16 Å². The van der Waals surface area contributed by atoms with Crippen molar-refractivity contribution in [3.8, 4) is 0 Å². The van der Waals surface area contributed by atoms with Gasteiger partial charge in [0.2, 0.25) is 0 Å². The normalized spacial score (nSPS) is 13.6. The van der Waals surface area contributed by atoms with Crippen molar-refractivity contribution in [3.63, 3.8) is 0 Å².